The first kappa shape index (κ1) is 59.9. The van der Waals surface area contributed by atoms with Gasteiger partial charge < -0.3 is 58.1 Å². The molecule has 2 bridgehead atoms. The molecule has 5 aliphatic rings. The van der Waals surface area contributed by atoms with Crippen molar-refractivity contribution < 1.29 is 40.2 Å². The quantitative estimate of drug-likeness (QED) is 0.0617. The van der Waals surface area contributed by atoms with Crippen molar-refractivity contribution in [1.82, 2.24) is 21.3 Å². The molecule has 12 atom stereocenters. The number of likely N-dealkylation sites (N-methyl/N-ethyl adjacent to an activating group) is 1. The topological polar surface area (TPSA) is 268 Å². The molecule has 1 spiro atoms. The van der Waals surface area contributed by atoms with Crippen molar-refractivity contribution >= 4 is 17.6 Å². The number of carbonyl (C=O) groups excluding carboxylic acids is 2. The van der Waals surface area contributed by atoms with Gasteiger partial charge in [0.05, 0.1) is 30.0 Å². The summed E-state index contributed by atoms with van der Waals surface area (Å²) in [5.74, 6) is 0.502. The maximum Gasteiger partial charge on any atom is 0.243 e. The first-order valence-corrected chi connectivity index (χ1v) is 28.6. The molecule has 3 aromatic rings. The Bertz CT molecular complexity index is 2980. The monoisotopic (exact) mass is 1090 g/mol. The molecule has 2 aliphatic carbocycles. The van der Waals surface area contributed by atoms with Crippen molar-refractivity contribution in [2.75, 3.05) is 26.2 Å². The van der Waals surface area contributed by atoms with E-state index in [9.17, 15) is 35.4 Å². The molecule has 8 rings (SSSR count). The molecule has 15 nitrogen and oxygen atoms in total. The van der Waals surface area contributed by atoms with E-state index in [0.29, 0.717) is 59.9 Å². The minimum Gasteiger partial charge on any atom is -0.508 e. The number of nitrogens with one attached hydrogen (secondary N) is 4. The zero-order chi connectivity index (χ0) is 57.5. The molecular weight excluding hydrogens is 1010 g/mol. The van der Waals surface area contributed by atoms with Crippen molar-refractivity contribution in [2.24, 2.45) is 39.6 Å². The predicted molar refractivity (Wildman–Crippen MR) is 314 cm³/mol. The molecule has 3 heterocycles. The van der Waals surface area contributed by atoms with Gasteiger partial charge >= 0.3 is 0 Å². The molecule has 3 aliphatic heterocycles. The van der Waals surface area contributed by atoms with E-state index in [1.165, 1.54) is 5.57 Å². The third kappa shape index (κ3) is 12.9. The Kier molecular flexibility index (Phi) is 19.3. The molecule has 2 saturated carbocycles. The van der Waals surface area contributed by atoms with Crippen molar-refractivity contribution in [3.05, 3.63) is 159 Å². The molecule has 0 unspecified atom stereocenters. The largest absolute Gasteiger partial charge is 0.508 e. The van der Waals surface area contributed by atoms with Crippen molar-refractivity contribution in [2.45, 2.75) is 153 Å². The van der Waals surface area contributed by atoms with E-state index in [2.05, 4.69) is 71.7 Å². The summed E-state index contributed by atoms with van der Waals surface area (Å²) < 4.78 is 0. The lowest BCUT2D eigenvalue weighted by Gasteiger charge is -2.56. The lowest BCUT2D eigenvalue weighted by molar-refractivity contribution is -0.168. The number of rotatable bonds is 10. The van der Waals surface area contributed by atoms with Crippen LogP contribution in [0.1, 0.15) is 137 Å². The fourth-order valence-electron chi connectivity index (χ4n) is 13.9. The summed E-state index contributed by atoms with van der Waals surface area (Å²) in [5.41, 5.74) is 17.1. The van der Waals surface area contributed by atoms with E-state index in [-0.39, 0.29) is 75.3 Å². The zero-order valence-corrected chi connectivity index (χ0v) is 47.3. The Labute approximate surface area is 472 Å². The molecule has 3 aromatic carbocycles. The Morgan fingerprint density at radius 2 is 1.75 bits per heavy atom. The number of nitrogens with two attached hydrogens (primary N) is 2. The summed E-state index contributed by atoms with van der Waals surface area (Å²) in [4.78, 5) is 33.8. The van der Waals surface area contributed by atoms with Gasteiger partial charge in [-0.15, -0.1) is 0 Å². The van der Waals surface area contributed by atoms with Crippen LogP contribution in [0.15, 0.2) is 130 Å². The predicted octanol–water partition coefficient (Wildman–Crippen LogP) is 6.16. The van der Waals surface area contributed by atoms with Crippen LogP contribution in [0.25, 0.3) is 0 Å². The normalized spacial score (nSPS) is 31.9. The first-order valence-electron chi connectivity index (χ1n) is 28.6. The van der Waals surface area contributed by atoms with Gasteiger partial charge in [0, 0.05) is 61.2 Å². The van der Waals surface area contributed by atoms with Gasteiger partial charge in [0.15, 0.2) is 5.78 Å². The number of phenolic OH excluding ortho intramolecular Hbond substituents is 1. The molecule has 0 radical (unpaired) electrons. The second kappa shape index (κ2) is 25.7. The number of hydrogen-bond donors (Lipinski definition) is 12. The summed E-state index contributed by atoms with van der Waals surface area (Å²) in [6.45, 7) is 14.7. The first-order chi connectivity index (χ1) is 38.2. The Morgan fingerprint density at radius 1 is 1.01 bits per heavy atom. The zero-order valence-electron chi connectivity index (χ0n) is 47.3. The van der Waals surface area contributed by atoms with Crippen LogP contribution in [0.5, 0.6) is 5.75 Å². The number of β-amino-alcohol motifs (C(OH)–C–C–N with tert-alkyl or cyclic N) is 1. The van der Waals surface area contributed by atoms with Gasteiger partial charge in [0.2, 0.25) is 11.9 Å². The number of guanidine groups is 1. The van der Waals surface area contributed by atoms with Crippen LogP contribution in [0, 0.1) is 35.1 Å². The summed E-state index contributed by atoms with van der Waals surface area (Å²) in [6, 6.07) is 22.0. The number of allylic oxidation sites excluding steroid dienone is 5. The third-order valence-corrected chi connectivity index (χ3v) is 18.3. The highest BCUT2D eigenvalue weighted by Gasteiger charge is 2.64. The Morgan fingerprint density at radius 3 is 2.48 bits per heavy atom. The Hall–Kier alpha value is -6.19. The van der Waals surface area contributed by atoms with E-state index in [0.717, 1.165) is 40.8 Å². The maximum absolute atomic E-state index is 15.2. The number of hydrogen-bond acceptors (Lipinski definition) is 14. The molecule has 428 valence electrons. The van der Waals surface area contributed by atoms with Crippen LogP contribution in [0.3, 0.4) is 0 Å². The van der Waals surface area contributed by atoms with Gasteiger partial charge in [-0.25, -0.2) is 0 Å². The minimum absolute atomic E-state index is 0.0247. The Balaban J connectivity index is 1.22. The van der Waals surface area contributed by atoms with Gasteiger partial charge in [-0.05, 0) is 160 Å². The fourth-order valence-corrected chi connectivity index (χ4v) is 13.9. The fraction of sp³-hybridized carbons (Fsp3) is 0.492. The minimum atomic E-state index is -1.64. The van der Waals surface area contributed by atoms with Crippen LogP contribution in [-0.4, -0.2) is 104 Å². The van der Waals surface area contributed by atoms with E-state index < -0.39 is 70.6 Å². The number of fused-ring (bicyclic) bond motifs is 5. The lowest BCUT2D eigenvalue weighted by Crippen LogP contribution is -2.59. The van der Waals surface area contributed by atoms with Gasteiger partial charge in [0.1, 0.15) is 18.0 Å². The second-order valence-corrected chi connectivity index (χ2v) is 23.6. The average molecular weight is 1090 g/mol. The van der Waals surface area contributed by atoms with Crippen LogP contribution >= 0.6 is 0 Å². The number of phenols is 1. The highest BCUT2D eigenvalue weighted by atomic mass is 16.3. The number of ketones is 1. The number of aliphatic imine (C=N–C) groups is 1. The number of benzene rings is 3. The van der Waals surface area contributed by atoms with Crippen LogP contribution in [0.4, 0.5) is 0 Å². The number of aromatic hydroxyl groups is 1. The molecule has 14 N–H and O–H groups in total. The number of aliphatic hydroxyl groups excluding tert-OH is 3. The summed E-state index contributed by atoms with van der Waals surface area (Å²) in [5, 5.41) is 85.8. The molecule has 80 heavy (non-hydrogen) atoms. The number of nitrogens with zero attached hydrogens (tertiary/aromatic N) is 1. The number of Topliss-reactive ketones (excluding diaryl/α,β-unsaturated/α-hetero) is 1. The molecule has 2 fully saturated rings. The highest BCUT2D eigenvalue weighted by molar-refractivity contribution is 5.98. The number of amides is 1. The highest BCUT2D eigenvalue weighted by Crippen LogP contribution is 2.63. The summed E-state index contributed by atoms with van der Waals surface area (Å²) >= 11 is 0. The van der Waals surface area contributed by atoms with E-state index >= 15 is 4.79 Å². The van der Waals surface area contributed by atoms with Crippen molar-refractivity contribution in [3.63, 3.8) is 0 Å². The standard InChI is InChI=1S/C65H85N7O8/c1-7-68-55(25-18-39(2)3)40(4)12-8-16-46(37-73)50-27-30-65(59(50)77)53-24-23-48(75)33-42-13-9-14-43(32-42)34-54-52(44-19-21-47(74)22-20-44)36-70-62(67)69-31-11-28-64(54,80)38-71-58-57-45(15-10-17-51(57)60(66)72-61(58)78)35-56(76)41(5)49(53)26-29-63(65,6)79/h8-10,12-22,32,48,50,52-55,58-60,68,71,73-75,77,79-80H,4,7,23-30,33-38,66H2,1-3,5-6H3,(H,72,78)(H3,67,69,70)/b12-8+,46-16-,49-41+/t48-,50-,52-,53-,54-,55+,58-,59-,60-,63-,64+,65-/m1/s1. The molecular formula is C65H85N7O8. The summed E-state index contributed by atoms with van der Waals surface area (Å²) in [6.07, 6.45) is 8.38. The number of aliphatic hydroxyl groups is 5. The van der Waals surface area contributed by atoms with E-state index in [4.69, 9.17) is 11.5 Å². The van der Waals surface area contributed by atoms with Gasteiger partial charge in [-0.3, -0.25) is 14.9 Å². The molecule has 0 saturated heterocycles. The third-order valence-electron chi connectivity index (χ3n) is 18.3. The maximum atomic E-state index is 15.2. The van der Waals surface area contributed by atoms with Crippen molar-refractivity contribution in [3.8, 4) is 17.7 Å². The SMILES string of the molecule is C=C(/C=C/C=C(/CO)[C@H]1CC[C@@]2([C@@H]3CC[C@@H](O)Cc4cccc(c4)C[C@@H]4[C@@H](c5ccc(O)cc5)CNC(N)=NC#CC[C@]4(O)CN[C@H]4C(=O)N[C@@H](N)c5cccc(c54)CC(=O)/C(C)=C/3CC[C@@]2(C)O)[C@@H]1O)[C@H](CC=C(C)C)NCC. The van der Waals surface area contributed by atoms with Gasteiger partial charge in [-0.1, -0.05) is 109 Å². The average Bonchev–Trinajstić information content (AvgIpc) is 3.99. The lowest BCUT2D eigenvalue weighted by atomic mass is 9.52. The van der Waals surface area contributed by atoms with Crippen molar-refractivity contribution in [1.29, 1.82) is 0 Å². The van der Waals surface area contributed by atoms with Crippen LogP contribution < -0.4 is 32.7 Å². The van der Waals surface area contributed by atoms with E-state index in [1.54, 1.807) is 19.1 Å². The van der Waals surface area contributed by atoms with Crippen LogP contribution in [-0.2, 0) is 28.9 Å². The second-order valence-electron chi connectivity index (χ2n) is 23.6. The van der Waals surface area contributed by atoms with Crippen LogP contribution in [0.2, 0.25) is 0 Å². The van der Waals surface area contributed by atoms with Gasteiger partial charge in [-0.2, -0.15) is 4.99 Å². The molecule has 0 aromatic heterocycles. The number of carbonyl (C=O) groups is 2. The van der Waals surface area contributed by atoms with E-state index in [1.807, 2.05) is 79.7 Å². The van der Waals surface area contributed by atoms with Gasteiger partial charge in [0.25, 0.3) is 0 Å². The summed E-state index contributed by atoms with van der Waals surface area (Å²) in [7, 11) is 0. The molecule has 15 heteroatoms. The molecule has 1 amide bonds. The smallest absolute Gasteiger partial charge is 0.243 e.